The predicted molar refractivity (Wildman–Crippen MR) is 50.3 cm³/mol. The zero-order chi connectivity index (χ0) is 9.84. The number of hydrogen-bond acceptors (Lipinski definition) is 4. The normalized spacial score (nSPS) is 25.9. The topological polar surface area (TPSA) is 55.6 Å². The molecule has 1 heterocycles. The second kappa shape index (κ2) is 4.58. The van der Waals surface area contributed by atoms with Gasteiger partial charge >= 0.3 is 5.97 Å². The van der Waals surface area contributed by atoms with Gasteiger partial charge in [0.1, 0.15) is 6.04 Å². The maximum absolute atomic E-state index is 11.3. The van der Waals surface area contributed by atoms with E-state index in [2.05, 4.69) is 4.90 Å². The smallest absolute Gasteiger partial charge is 0.323 e. The highest BCUT2D eigenvalue weighted by molar-refractivity contribution is 5.75. The number of esters is 1. The molecule has 1 unspecified atom stereocenters. The molecule has 2 atom stereocenters. The van der Waals surface area contributed by atoms with Crippen LogP contribution in [0, 0.1) is 0 Å². The molecule has 13 heavy (non-hydrogen) atoms. The van der Waals surface area contributed by atoms with Gasteiger partial charge in [0.25, 0.3) is 0 Å². The zero-order valence-corrected chi connectivity index (χ0v) is 8.32. The summed E-state index contributed by atoms with van der Waals surface area (Å²) in [4.78, 5) is 13.4. The Morgan fingerprint density at radius 2 is 2.46 bits per heavy atom. The molecule has 4 nitrogen and oxygen atoms in total. The summed E-state index contributed by atoms with van der Waals surface area (Å²) in [5.41, 5.74) is 5.74. The summed E-state index contributed by atoms with van der Waals surface area (Å²) < 4.78 is 4.93. The van der Waals surface area contributed by atoms with Crippen molar-refractivity contribution in [2.24, 2.45) is 5.73 Å². The lowest BCUT2D eigenvalue weighted by molar-refractivity contribution is -0.148. The van der Waals surface area contributed by atoms with Gasteiger partial charge in [-0.25, -0.2) is 0 Å². The SMILES string of the molecule is CCOC(=O)C(C)N1CC[C@H](N)C1. The minimum absolute atomic E-state index is 0.142. The number of ether oxygens (including phenoxy) is 1. The van der Waals surface area contributed by atoms with E-state index >= 15 is 0 Å². The van der Waals surface area contributed by atoms with E-state index in [0.29, 0.717) is 6.61 Å². The Kier molecular flexibility index (Phi) is 3.69. The Bertz CT molecular complexity index is 184. The molecule has 0 saturated carbocycles. The summed E-state index contributed by atoms with van der Waals surface area (Å²) >= 11 is 0. The maximum Gasteiger partial charge on any atom is 0.323 e. The zero-order valence-electron chi connectivity index (χ0n) is 8.32. The quantitative estimate of drug-likeness (QED) is 0.629. The molecule has 1 aliphatic rings. The molecule has 0 aliphatic carbocycles. The largest absolute Gasteiger partial charge is 0.465 e. The first-order valence-corrected chi connectivity index (χ1v) is 4.81. The highest BCUT2D eigenvalue weighted by Crippen LogP contribution is 2.11. The minimum atomic E-state index is -0.145. The fraction of sp³-hybridized carbons (Fsp3) is 0.889. The van der Waals surface area contributed by atoms with E-state index in [0.717, 1.165) is 19.5 Å². The fourth-order valence-electron chi connectivity index (χ4n) is 1.58. The molecule has 0 aromatic heterocycles. The first kappa shape index (κ1) is 10.5. The van der Waals surface area contributed by atoms with Crippen LogP contribution in [0.15, 0.2) is 0 Å². The van der Waals surface area contributed by atoms with Crippen LogP contribution in [0.25, 0.3) is 0 Å². The first-order valence-electron chi connectivity index (χ1n) is 4.81. The van der Waals surface area contributed by atoms with E-state index in [4.69, 9.17) is 10.5 Å². The van der Waals surface area contributed by atoms with Crippen LogP contribution in [0.1, 0.15) is 20.3 Å². The van der Waals surface area contributed by atoms with E-state index in [1.54, 1.807) is 0 Å². The Hall–Kier alpha value is -0.610. The molecule has 0 spiro atoms. The third kappa shape index (κ3) is 2.67. The van der Waals surface area contributed by atoms with Crippen molar-refractivity contribution < 1.29 is 9.53 Å². The van der Waals surface area contributed by atoms with Gasteiger partial charge in [-0.3, -0.25) is 9.69 Å². The lowest BCUT2D eigenvalue weighted by atomic mass is 10.3. The molecule has 1 saturated heterocycles. The van der Waals surface area contributed by atoms with Crippen LogP contribution in [0.5, 0.6) is 0 Å². The van der Waals surface area contributed by atoms with Crippen molar-refractivity contribution in [2.45, 2.75) is 32.4 Å². The van der Waals surface area contributed by atoms with Gasteiger partial charge < -0.3 is 10.5 Å². The summed E-state index contributed by atoms with van der Waals surface area (Å²) in [7, 11) is 0. The van der Waals surface area contributed by atoms with Crippen LogP contribution >= 0.6 is 0 Å². The standard InChI is InChI=1S/C9H18N2O2/c1-3-13-9(12)7(2)11-5-4-8(10)6-11/h7-8H,3-6,10H2,1-2H3/t7?,8-/m0/s1. The van der Waals surface area contributed by atoms with Gasteiger partial charge in [0.05, 0.1) is 6.61 Å². The van der Waals surface area contributed by atoms with Gasteiger partial charge in [-0.1, -0.05) is 0 Å². The van der Waals surface area contributed by atoms with Gasteiger partial charge in [-0.2, -0.15) is 0 Å². The van der Waals surface area contributed by atoms with Crippen LogP contribution in [0.2, 0.25) is 0 Å². The number of carbonyl (C=O) groups excluding carboxylic acids is 1. The van der Waals surface area contributed by atoms with Crippen LogP contribution in [-0.2, 0) is 9.53 Å². The summed E-state index contributed by atoms with van der Waals surface area (Å²) in [5.74, 6) is -0.142. The van der Waals surface area contributed by atoms with Gasteiger partial charge in [0, 0.05) is 19.1 Å². The number of hydrogen-bond donors (Lipinski definition) is 1. The van der Waals surface area contributed by atoms with Gasteiger partial charge in [-0.15, -0.1) is 0 Å². The second-order valence-corrected chi connectivity index (χ2v) is 3.47. The summed E-state index contributed by atoms with van der Waals surface area (Å²) in [5, 5.41) is 0. The van der Waals surface area contributed by atoms with E-state index in [9.17, 15) is 4.79 Å². The average Bonchev–Trinajstić information content (AvgIpc) is 2.51. The molecule has 4 heteroatoms. The third-order valence-corrected chi connectivity index (χ3v) is 2.43. The summed E-state index contributed by atoms with van der Waals surface area (Å²) in [6.45, 7) is 5.85. The molecule has 0 amide bonds. The van der Waals surface area contributed by atoms with Crippen LogP contribution in [0.4, 0.5) is 0 Å². The van der Waals surface area contributed by atoms with Crippen molar-refractivity contribution in [3.8, 4) is 0 Å². The Morgan fingerprint density at radius 1 is 1.77 bits per heavy atom. The van der Waals surface area contributed by atoms with Crippen molar-refractivity contribution in [2.75, 3.05) is 19.7 Å². The minimum Gasteiger partial charge on any atom is -0.465 e. The summed E-state index contributed by atoms with van der Waals surface area (Å²) in [6.07, 6.45) is 0.976. The highest BCUT2D eigenvalue weighted by Gasteiger charge is 2.28. The Balaban J connectivity index is 2.38. The molecule has 76 valence electrons. The molecule has 1 aliphatic heterocycles. The molecular weight excluding hydrogens is 168 g/mol. The number of carbonyl (C=O) groups is 1. The Morgan fingerprint density at radius 3 is 2.92 bits per heavy atom. The van der Waals surface area contributed by atoms with Gasteiger partial charge in [-0.05, 0) is 20.3 Å². The maximum atomic E-state index is 11.3. The molecule has 0 bridgehead atoms. The monoisotopic (exact) mass is 186 g/mol. The predicted octanol–water partition coefficient (Wildman–Crippen LogP) is -0.0290. The van der Waals surface area contributed by atoms with E-state index < -0.39 is 0 Å². The number of rotatable bonds is 3. The summed E-state index contributed by atoms with van der Waals surface area (Å²) in [6, 6.07) is 0.0744. The lowest BCUT2D eigenvalue weighted by Crippen LogP contribution is -2.39. The molecule has 0 aromatic rings. The van der Waals surface area contributed by atoms with Crippen LogP contribution in [-0.4, -0.2) is 42.6 Å². The van der Waals surface area contributed by atoms with Gasteiger partial charge in [0.15, 0.2) is 0 Å². The molecule has 0 radical (unpaired) electrons. The molecular formula is C9H18N2O2. The van der Waals surface area contributed by atoms with Crippen molar-refractivity contribution >= 4 is 5.97 Å². The molecule has 1 rings (SSSR count). The average molecular weight is 186 g/mol. The van der Waals surface area contributed by atoms with E-state index in [-0.39, 0.29) is 18.1 Å². The lowest BCUT2D eigenvalue weighted by Gasteiger charge is -2.21. The number of nitrogens with zero attached hydrogens (tertiary/aromatic N) is 1. The van der Waals surface area contributed by atoms with Crippen molar-refractivity contribution in [3.63, 3.8) is 0 Å². The van der Waals surface area contributed by atoms with E-state index in [1.807, 2.05) is 13.8 Å². The second-order valence-electron chi connectivity index (χ2n) is 3.47. The molecule has 2 N–H and O–H groups in total. The third-order valence-electron chi connectivity index (χ3n) is 2.43. The Labute approximate surface area is 79.0 Å². The van der Waals surface area contributed by atoms with Crippen molar-refractivity contribution in [1.82, 2.24) is 4.90 Å². The van der Waals surface area contributed by atoms with Crippen LogP contribution in [0.3, 0.4) is 0 Å². The van der Waals surface area contributed by atoms with Gasteiger partial charge in [0.2, 0.25) is 0 Å². The van der Waals surface area contributed by atoms with E-state index in [1.165, 1.54) is 0 Å². The highest BCUT2D eigenvalue weighted by atomic mass is 16.5. The fourth-order valence-corrected chi connectivity index (χ4v) is 1.58. The molecule has 0 aromatic carbocycles. The van der Waals surface area contributed by atoms with Crippen LogP contribution < -0.4 is 5.73 Å². The molecule has 1 fully saturated rings. The first-order chi connectivity index (χ1) is 6.15. The van der Waals surface area contributed by atoms with Crippen molar-refractivity contribution in [3.05, 3.63) is 0 Å². The van der Waals surface area contributed by atoms with Crippen molar-refractivity contribution in [1.29, 1.82) is 0 Å². The number of likely N-dealkylation sites (tertiary alicyclic amines) is 1. The number of nitrogens with two attached hydrogens (primary N) is 1.